The van der Waals surface area contributed by atoms with Gasteiger partial charge in [-0.25, -0.2) is 0 Å². The number of epoxide rings is 1. The molecule has 238 valence electrons. The molecule has 9 heteroatoms. The van der Waals surface area contributed by atoms with Crippen LogP contribution in [0, 0.1) is 40.4 Å². The van der Waals surface area contributed by atoms with Crippen LogP contribution in [0.3, 0.4) is 0 Å². The number of ketones is 1. The quantitative estimate of drug-likeness (QED) is 0.329. The molecule has 6 fully saturated rings. The molecule has 7 aliphatic rings. The van der Waals surface area contributed by atoms with Crippen molar-refractivity contribution in [1.82, 2.24) is 0 Å². The van der Waals surface area contributed by atoms with Crippen LogP contribution in [0.25, 0.3) is 0 Å². The summed E-state index contributed by atoms with van der Waals surface area (Å²) in [5.41, 5.74) is -2.50. The van der Waals surface area contributed by atoms with Crippen LogP contribution < -0.4 is 0 Å². The lowest BCUT2D eigenvalue weighted by atomic mass is 9.43. The molecule has 0 aromatic rings. The molecule has 43 heavy (non-hydrogen) atoms. The fourth-order valence-electron chi connectivity index (χ4n) is 11.3. The number of carbonyl (C=O) groups excluding carboxylic acids is 3. The Morgan fingerprint density at radius 1 is 0.930 bits per heavy atom. The Balaban J connectivity index is 1.27. The Morgan fingerprint density at radius 3 is 2.28 bits per heavy atom. The van der Waals surface area contributed by atoms with Crippen molar-refractivity contribution in [2.75, 3.05) is 0 Å². The number of ether oxygens (including phenoxy) is 6. The first kappa shape index (κ1) is 29.9. The molecule has 3 aliphatic heterocycles. The maximum absolute atomic E-state index is 12.7. The molecule has 3 saturated heterocycles. The van der Waals surface area contributed by atoms with Crippen LogP contribution in [-0.2, 0) is 42.8 Å². The van der Waals surface area contributed by atoms with Gasteiger partial charge < -0.3 is 28.4 Å². The number of esters is 2. The maximum atomic E-state index is 12.7. The van der Waals surface area contributed by atoms with Crippen molar-refractivity contribution in [2.45, 2.75) is 142 Å². The largest absolute Gasteiger partial charge is 0.462 e. The Hall–Kier alpha value is -1.81. The minimum atomic E-state index is -1.11. The summed E-state index contributed by atoms with van der Waals surface area (Å²) in [6, 6.07) is 0. The first-order valence-corrected chi connectivity index (χ1v) is 16.2. The third-order valence-electron chi connectivity index (χ3n) is 13.6. The van der Waals surface area contributed by atoms with Crippen LogP contribution >= 0.6 is 0 Å². The summed E-state index contributed by atoms with van der Waals surface area (Å²) in [7, 11) is 0. The average Bonchev–Trinajstić information content (AvgIpc) is 3.48. The van der Waals surface area contributed by atoms with Gasteiger partial charge in [0, 0.05) is 50.4 Å². The highest BCUT2D eigenvalue weighted by Crippen LogP contribution is 2.73. The van der Waals surface area contributed by atoms with E-state index in [-0.39, 0.29) is 71.0 Å². The van der Waals surface area contributed by atoms with Gasteiger partial charge in [-0.1, -0.05) is 26.8 Å². The zero-order valence-electron chi connectivity index (χ0n) is 27.1. The third kappa shape index (κ3) is 3.86. The summed E-state index contributed by atoms with van der Waals surface area (Å²) < 4.78 is 37.9. The maximum Gasteiger partial charge on any atom is 0.302 e. The van der Waals surface area contributed by atoms with Gasteiger partial charge in [-0.3, -0.25) is 14.4 Å². The van der Waals surface area contributed by atoms with Gasteiger partial charge in [0.1, 0.15) is 23.4 Å². The van der Waals surface area contributed by atoms with Gasteiger partial charge in [0.2, 0.25) is 0 Å². The van der Waals surface area contributed by atoms with Crippen molar-refractivity contribution in [3.63, 3.8) is 0 Å². The van der Waals surface area contributed by atoms with Crippen molar-refractivity contribution in [2.24, 2.45) is 40.4 Å². The first-order valence-electron chi connectivity index (χ1n) is 16.2. The van der Waals surface area contributed by atoms with Gasteiger partial charge in [-0.05, 0) is 69.8 Å². The molecule has 1 unspecified atom stereocenters. The molecule has 14 atom stereocenters. The first-order chi connectivity index (χ1) is 19.9. The molecule has 3 heterocycles. The predicted molar refractivity (Wildman–Crippen MR) is 153 cm³/mol. The highest BCUT2D eigenvalue weighted by molar-refractivity contribution is 5.98. The third-order valence-corrected chi connectivity index (χ3v) is 13.6. The standard InChI is InChI=1S/C34H48O9/c1-17(24-15-31(7)29(4,5)42-33(9,40-24)43-31)20-10-11-21-27-22(14-26(32(20,21)8)39-19(3)36)30(6)13-12-23(37)28-34(30,41-28)16-25(27)38-18(2)35/h12-13,17,20-22,24-28H,10-11,14-16H2,1-9H3/t17-,20+,21-,22-,24+,25+,26-,27-,28-,30+,31+,32+,33?,34-/m0/s1. The minimum Gasteiger partial charge on any atom is -0.462 e. The normalized spacial score (nSPS) is 54.5. The van der Waals surface area contributed by atoms with E-state index in [1.807, 2.05) is 13.0 Å². The van der Waals surface area contributed by atoms with E-state index in [4.69, 9.17) is 28.4 Å². The van der Waals surface area contributed by atoms with E-state index in [2.05, 4.69) is 41.5 Å². The average molecular weight is 601 g/mol. The molecule has 0 radical (unpaired) electrons. The van der Waals surface area contributed by atoms with E-state index in [1.165, 1.54) is 13.8 Å². The molecule has 0 aromatic heterocycles. The summed E-state index contributed by atoms with van der Waals surface area (Å²) in [5, 5.41) is 0. The van der Waals surface area contributed by atoms with E-state index < -0.39 is 34.3 Å². The predicted octanol–water partition coefficient (Wildman–Crippen LogP) is 4.89. The number of rotatable bonds is 4. The molecule has 9 nitrogen and oxygen atoms in total. The summed E-state index contributed by atoms with van der Waals surface area (Å²) in [4.78, 5) is 37.9. The molecule has 1 spiro atoms. The van der Waals surface area contributed by atoms with Crippen LogP contribution in [0.2, 0.25) is 0 Å². The van der Waals surface area contributed by atoms with E-state index >= 15 is 0 Å². The summed E-state index contributed by atoms with van der Waals surface area (Å²) >= 11 is 0. The number of carbonyl (C=O) groups is 3. The van der Waals surface area contributed by atoms with Gasteiger partial charge in [0.25, 0.3) is 5.97 Å². The summed E-state index contributed by atoms with van der Waals surface area (Å²) in [6.07, 6.45) is 6.09. The highest BCUT2D eigenvalue weighted by atomic mass is 16.9. The van der Waals surface area contributed by atoms with Crippen LogP contribution in [0.5, 0.6) is 0 Å². The number of fused-ring (bicyclic) bond motifs is 6. The Bertz CT molecular complexity index is 1290. The van der Waals surface area contributed by atoms with Gasteiger partial charge in [-0.2, -0.15) is 0 Å². The lowest BCUT2D eigenvalue weighted by Crippen LogP contribution is -2.65. The fourth-order valence-corrected chi connectivity index (χ4v) is 11.3. The summed E-state index contributed by atoms with van der Waals surface area (Å²) in [5.74, 6) is -1.23. The lowest BCUT2D eigenvalue weighted by molar-refractivity contribution is -0.385. The highest BCUT2D eigenvalue weighted by Gasteiger charge is 2.79. The van der Waals surface area contributed by atoms with E-state index in [0.29, 0.717) is 19.3 Å². The monoisotopic (exact) mass is 600 g/mol. The van der Waals surface area contributed by atoms with Crippen molar-refractivity contribution in [1.29, 1.82) is 0 Å². The molecule has 0 amide bonds. The van der Waals surface area contributed by atoms with Crippen LogP contribution in [-0.4, -0.2) is 64.9 Å². The topological polar surface area (TPSA) is 110 Å². The van der Waals surface area contributed by atoms with E-state index in [9.17, 15) is 14.4 Å². The number of hydrogen-bond donors (Lipinski definition) is 0. The molecule has 0 N–H and O–H groups in total. The second kappa shape index (κ2) is 8.92. The zero-order valence-corrected chi connectivity index (χ0v) is 27.1. The lowest BCUT2D eigenvalue weighted by Gasteiger charge is -2.62. The summed E-state index contributed by atoms with van der Waals surface area (Å²) in [6.45, 7) is 17.8. The second-order valence-electron chi connectivity index (χ2n) is 16.0. The van der Waals surface area contributed by atoms with Crippen molar-refractivity contribution in [3.8, 4) is 0 Å². The second-order valence-corrected chi connectivity index (χ2v) is 16.0. The van der Waals surface area contributed by atoms with Gasteiger partial charge in [0.15, 0.2) is 11.9 Å². The van der Waals surface area contributed by atoms with Gasteiger partial charge in [0.05, 0.1) is 11.7 Å². The smallest absolute Gasteiger partial charge is 0.302 e. The fraction of sp³-hybridized carbons (Fsp3) is 0.853. The van der Waals surface area contributed by atoms with Crippen LogP contribution in [0.1, 0.15) is 94.4 Å². The van der Waals surface area contributed by atoms with Gasteiger partial charge in [-0.15, -0.1) is 0 Å². The van der Waals surface area contributed by atoms with Crippen LogP contribution in [0.15, 0.2) is 12.2 Å². The molecule has 0 aromatic carbocycles. The van der Waals surface area contributed by atoms with E-state index in [0.717, 1.165) is 12.8 Å². The number of hydrogen-bond acceptors (Lipinski definition) is 9. The molecule has 3 saturated carbocycles. The Labute approximate surface area is 254 Å². The molecular formula is C34H48O9. The van der Waals surface area contributed by atoms with Gasteiger partial charge >= 0.3 is 11.9 Å². The molecule has 4 aliphatic carbocycles. The Morgan fingerprint density at radius 2 is 1.63 bits per heavy atom. The van der Waals surface area contributed by atoms with Crippen molar-refractivity contribution >= 4 is 17.7 Å². The van der Waals surface area contributed by atoms with Crippen LogP contribution in [0.4, 0.5) is 0 Å². The molecule has 2 bridgehead atoms. The molecular weight excluding hydrogens is 552 g/mol. The molecule has 7 rings (SSSR count). The van der Waals surface area contributed by atoms with E-state index in [1.54, 1.807) is 6.08 Å². The SMILES string of the molecule is CC(=O)O[C@H]1C[C@H]2[C@@H]([C@H](OC(C)=O)C[C@]34O[C@H]3C(=O)C=C[C@]24C)[C@@H]2CC[C@H]([C@H](C)[C@H]3C[C@@]4(C)OC(C)(O3)OC4(C)C)[C@@]12C. The Kier molecular flexibility index (Phi) is 6.20. The van der Waals surface area contributed by atoms with Crippen molar-refractivity contribution in [3.05, 3.63) is 12.2 Å². The zero-order chi connectivity index (χ0) is 31.1. The minimum absolute atomic E-state index is 0.0126. The van der Waals surface area contributed by atoms with Crippen molar-refractivity contribution < 1.29 is 42.8 Å².